The normalized spacial score (nSPS) is 12.2. The van der Waals surface area contributed by atoms with Crippen LogP contribution in [0.4, 0.5) is 0 Å². The second-order valence-corrected chi connectivity index (χ2v) is 7.10. The highest BCUT2D eigenvalue weighted by molar-refractivity contribution is 8.13. The van der Waals surface area contributed by atoms with E-state index < -0.39 is 0 Å². The third-order valence-corrected chi connectivity index (χ3v) is 4.65. The smallest absolute Gasteiger partial charge is 0.337 e. The Labute approximate surface area is 167 Å². The molecule has 0 bridgehead atoms. The zero-order chi connectivity index (χ0) is 19.8. The summed E-state index contributed by atoms with van der Waals surface area (Å²) in [4.78, 5) is 20.1. The first kappa shape index (κ1) is 21.1. The molecule has 0 aliphatic carbocycles. The van der Waals surface area contributed by atoms with E-state index in [1.807, 2.05) is 13.8 Å². The lowest BCUT2D eigenvalue weighted by Crippen LogP contribution is -2.01. The summed E-state index contributed by atoms with van der Waals surface area (Å²) >= 11 is 7.33. The topological polar surface area (TPSA) is 73.9 Å². The molecule has 0 saturated carbocycles. The van der Waals surface area contributed by atoms with E-state index in [1.165, 1.54) is 18.9 Å². The van der Waals surface area contributed by atoms with E-state index >= 15 is 0 Å². The molecule has 1 aromatic carbocycles. The number of aromatic nitrogens is 1. The molecule has 0 amide bonds. The van der Waals surface area contributed by atoms with Crippen LogP contribution in [0.1, 0.15) is 42.2 Å². The van der Waals surface area contributed by atoms with Crippen molar-refractivity contribution < 1.29 is 18.7 Å². The standard InChI is InChI=1S/C19H21ClN2O4S/c1-5-15(20)10-21-13(3)27-19-17(22-12(2)26-19)11-25-16-8-6-14(7-9-16)18(23)24-4/h6-10H,5,11H2,1-4H3/b15-10+,21-13?. The minimum atomic E-state index is -0.389. The number of carbonyl (C=O) groups is 1. The van der Waals surface area contributed by atoms with Crippen molar-refractivity contribution in [2.75, 3.05) is 7.11 Å². The van der Waals surface area contributed by atoms with Gasteiger partial charge in [0.2, 0.25) is 0 Å². The minimum Gasteiger partial charge on any atom is -0.487 e. The Hall–Kier alpha value is -2.25. The van der Waals surface area contributed by atoms with Gasteiger partial charge < -0.3 is 13.9 Å². The Bertz CT molecular complexity index is 844. The highest BCUT2D eigenvalue weighted by atomic mass is 35.5. The number of rotatable bonds is 7. The summed E-state index contributed by atoms with van der Waals surface area (Å²) in [5, 5.41) is 2.09. The van der Waals surface area contributed by atoms with Crippen molar-refractivity contribution in [2.45, 2.75) is 38.9 Å². The molecule has 0 spiro atoms. The van der Waals surface area contributed by atoms with Gasteiger partial charge in [-0.1, -0.05) is 18.5 Å². The lowest BCUT2D eigenvalue weighted by atomic mass is 10.2. The number of methoxy groups -OCH3 is 1. The zero-order valence-corrected chi connectivity index (χ0v) is 17.2. The Kier molecular flexibility index (Phi) is 7.94. The van der Waals surface area contributed by atoms with E-state index in [1.54, 1.807) is 37.4 Å². The summed E-state index contributed by atoms with van der Waals surface area (Å²) in [6, 6.07) is 6.70. The molecule has 1 aromatic heterocycles. The number of thioether (sulfide) groups is 1. The molecule has 8 heteroatoms. The summed E-state index contributed by atoms with van der Waals surface area (Å²) < 4.78 is 16.1. The van der Waals surface area contributed by atoms with E-state index in [0.717, 1.165) is 11.5 Å². The molecule has 2 rings (SSSR count). The predicted octanol–water partition coefficient (Wildman–Crippen LogP) is 5.35. The van der Waals surface area contributed by atoms with Gasteiger partial charge in [-0.15, -0.1) is 0 Å². The number of esters is 1. The lowest BCUT2D eigenvalue weighted by Gasteiger charge is -2.06. The van der Waals surface area contributed by atoms with Gasteiger partial charge in [0.25, 0.3) is 0 Å². The van der Waals surface area contributed by atoms with Crippen molar-refractivity contribution in [3.63, 3.8) is 0 Å². The highest BCUT2D eigenvalue weighted by Crippen LogP contribution is 2.27. The van der Waals surface area contributed by atoms with Crippen molar-refractivity contribution in [2.24, 2.45) is 4.99 Å². The minimum absolute atomic E-state index is 0.232. The first-order valence-electron chi connectivity index (χ1n) is 8.27. The van der Waals surface area contributed by atoms with Gasteiger partial charge in [0.05, 0.1) is 17.7 Å². The zero-order valence-electron chi connectivity index (χ0n) is 15.6. The summed E-state index contributed by atoms with van der Waals surface area (Å²) in [6.45, 7) is 5.84. The number of ether oxygens (including phenoxy) is 2. The van der Waals surface area contributed by atoms with Gasteiger partial charge in [-0.25, -0.2) is 9.78 Å². The summed E-state index contributed by atoms with van der Waals surface area (Å²) in [5.74, 6) is 0.772. The molecule has 0 saturated heterocycles. The monoisotopic (exact) mass is 408 g/mol. The van der Waals surface area contributed by atoms with Crippen LogP contribution < -0.4 is 4.74 Å². The van der Waals surface area contributed by atoms with Crippen molar-refractivity contribution in [1.82, 2.24) is 4.98 Å². The number of benzene rings is 1. The van der Waals surface area contributed by atoms with E-state index in [-0.39, 0.29) is 12.6 Å². The van der Waals surface area contributed by atoms with Crippen molar-refractivity contribution >= 4 is 34.4 Å². The van der Waals surface area contributed by atoms with Gasteiger partial charge >= 0.3 is 5.97 Å². The van der Waals surface area contributed by atoms with Crippen LogP contribution in [-0.4, -0.2) is 23.1 Å². The average Bonchev–Trinajstić information content (AvgIpc) is 3.03. The summed E-state index contributed by atoms with van der Waals surface area (Å²) in [5.41, 5.74) is 1.14. The van der Waals surface area contributed by atoms with Gasteiger partial charge in [0.15, 0.2) is 11.0 Å². The molecular weight excluding hydrogens is 388 g/mol. The van der Waals surface area contributed by atoms with Crippen molar-refractivity contribution in [3.05, 3.63) is 52.6 Å². The van der Waals surface area contributed by atoms with Crippen LogP contribution in [0.25, 0.3) is 0 Å². The summed E-state index contributed by atoms with van der Waals surface area (Å²) in [6.07, 6.45) is 2.37. The largest absolute Gasteiger partial charge is 0.487 e. The van der Waals surface area contributed by atoms with E-state index in [4.69, 9.17) is 20.8 Å². The number of aliphatic imine (C=N–C) groups is 1. The van der Waals surface area contributed by atoms with Gasteiger partial charge in [-0.05, 0) is 49.4 Å². The van der Waals surface area contributed by atoms with Crippen molar-refractivity contribution in [1.29, 1.82) is 0 Å². The van der Waals surface area contributed by atoms with Crippen LogP contribution in [0.15, 0.2) is 50.0 Å². The summed E-state index contributed by atoms with van der Waals surface area (Å²) in [7, 11) is 1.34. The molecule has 144 valence electrons. The van der Waals surface area contributed by atoms with Crippen LogP contribution in [-0.2, 0) is 11.3 Å². The van der Waals surface area contributed by atoms with E-state index in [0.29, 0.717) is 33.0 Å². The number of oxazole rings is 1. The maximum Gasteiger partial charge on any atom is 0.337 e. The van der Waals surface area contributed by atoms with Crippen LogP contribution in [0.3, 0.4) is 0 Å². The maximum atomic E-state index is 11.5. The quantitative estimate of drug-likeness (QED) is 0.266. The Morgan fingerprint density at radius 1 is 1.37 bits per heavy atom. The number of allylic oxidation sites excluding steroid dienone is 1. The number of hydrogen-bond acceptors (Lipinski definition) is 7. The first-order valence-corrected chi connectivity index (χ1v) is 9.46. The molecule has 0 aliphatic rings. The second-order valence-electron chi connectivity index (χ2n) is 5.45. The molecule has 0 radical (unpaired) electrons. The molecule has 0 aliphatic heterocycles. The van der Waals surface area contributed by atoms with Gasteiger partial charge in [0, 0.05) is 18.2 Å². The predicted molar refractivity (Wildman–Crippen MR) is 107 cm³/mol. The molecule has 0 unspecified atom stereocenters. The van der Waals surface area contributed by atoms with Crippen LogP contribution in [0, 0.1) is 6.92 Å². The van der Waals surface area contributed by atoms with Gasteiger partial charge in [-0.2, -0.15) is 0 Å². The van der Waals surface area contributed by atoms with Gasteiger partial charge in [-0.3, -0.25) is 4.99 Å². The molecule has 27 heavy (non-hydrogen) atoms. The fourth-order valence-corrected chi connectivity index (χ4v) is 2.80. The molecule has 0 N–H and O–H groups in total. The molecule has 2 aromatic rings. The number of aryl methyl sites for hydroxylation is 1. The molecule has 1 heterocycles. The fraction of sp³-hybridized carbons (Fsp3) is 0.316. The molecule has 0 atom stereocenters. The number of nitrogens with zero attached hydrogens (tertiary/aromatic N) is 2. The SMILES string of the molecule is CC/C(Cl)=C\N=C(C)Sc1oc(C)nc1COc1ccc(C(=O)OC)cc1. The van der Waals surface area contributed by atoms with Crippen LogP contribution in [0.5, 0.6) is 5.75 Å². The first-order chi connectivity index (χ1) is 12.9. The van der Waals surface area contributed by atoms with E-state index in [2.05, 4.69) is 14.7 Å². The Morgan fingerprint density at radius 2 is 2.07 bits per heavy atom. The van der Waals surface area contributed by atoms with Crippen LogP contribution in [0.2, 0.25) is 0 Å². The molecule has 0 fully saturated rings. The average molecular weight is 409 g/mol. The second kappa shape index (κ2) is 10.2. The highest BCUT2D eigenvalue weighted by Gasteiger charge is 2.14. The number of halogens is 1. The van der Waals surface area contributed by atoms with Crippen LogP contribution >= 0.6 is 23.4 Å². The fourth-order valence-electron chi connectivity index (χ4n) is 1.99. The van der Waals surface area contributed by atoms with Gasteiger partial charge in [0.1, 0.15) is 18.1 Å². The van der Waals surface area contributed by atoms with E-state index in [9.17, 15) is 4.79 Å². The third kappa shape index (κ3) is 6.45. The molecular formula is C19H21ClN2O4S. The number of carbonyl (C=O) groups excluding carboxylic acids is 1. The maximum absolute atomic E-state index is 11.5. The van der Waals surface area contributed by atoms with Crippen molar-refractivity contribution in [3.8, 4) is 5.75 Å². The Balaban J connectivity index is 2.04. The lowest BCUT2D eigenvalue weighted by molar-refractivity contribution is 0.0600. The Morgan fingerprint density at radius 3 is 2.70 bits per heavy atom. The third-order valence-electron chi connectivity index (χ3n) is 3.38. The molecule has 6 nitrogen and oxygen atoms in total. The number of hydrogen-bond donors (Lipinski definition) is 0.